The van der Waals surface area contributed by atoms with E-state index in [0.29, 0.717) is 37.5 Å². The Labute approximate surface area is 159 Å². The first-order valence-electron chi connectivity index (χ1n) is 9.18. The summed E-state index contributed by atoms with van der Waals surface area (Å²) in [7, 11) is 0. The first-order valence-corrected chi connectivity index (χ1v) is 9.18. The number of anilines is 1. The fourth-order valence-corrected chi connectivity index (χ4v) is 4.16. The molecule has 28 heavy (non-hydrogen) atoms. The molecule has 0 bridgehead atoms. The van der Waals surface area contributed by atoms with E-state index in [0.717, 1.165) is 12.1 Å². The Morgan fingerprint density at radius 2 is 1.71 bits per heavy atom. The summed E-state index contributed by atoms with van der Waals surface area (Å²) in [4.78, 5) is 5.95. The molecule has 8 heteroatoms. The van der Waals surface area contributed by atoms with E-state index in [2.05, 4.69) is 4.98 Å². The number of halogens is 4. The molecule has 1 aliphatic carbocycles. The molecule has 1 aromatic heterocycles. The van der Waals surface area contributed by atoms with Gasteiger partial charge in [0.05, 0.1) is 11.7 Å². The highest BCUT2D eigenvalue weighted by atomic mass is 19.4. The molecule has 1 aliphatic heterocycles. The quantitative estimate of drug-likeness (QED) is 0.800. The molecule has 0 unspecified atom stereocenters. The minimum absolute atomic E-state index is 0.166. The maximum atomic E-state index is 13.0. The van der Waals surface area contributed by atoms with Crippen LogP contribution in [0.1, 0.15) is 18.4 Å². The van der Waals surface area contributed by atoms with Gasteiger partial charge in [-0.1, -0.05) is 0 Å². The lowest BCUT2D eigenvalue weighted by molar-refractivity contribution is -0.137. The van der Waals surface area contributed by atoms with Crippen LogP contribution < -0.4 is 9.64 Å². The van der Waals surface area contributed by atoms with Crippen molar-refractivity contribution in [1.29, 1.82) is 0 Å². The molecule has 4 nitrogen and oxygen atoms in total. The van der Waals surface area contributed by atoms with Crippen molar-refractivity contribution >= 4 is 5.82 Å². The van der Waals surface area contributed by atoms with Crippen molar-refractivity contribution in [2.75, 3.05) is 18.0 Å². The average Bonchev–Trinajstić information content (AvgIpc) is 3.06. The number of hydrogen-bond acceptors (Lipinski definition) is 4. The van der Waals surface area contributed by atoms with Gasteiger partial charge in [0.2, 0.25) is 0 Å². The molecule has 1 saturated heterocycles. The van der Waals surface area contributed by atoms with Gasteiger partial charge in [0.1, 0.15) is 23.5 Å². The first-order chi connectivity index (χ1) is 13.3. The van der Waals surface area contributed by atoms with Crippen molar-refractivity contribution in [2.45, 2.75) is 31.2 Å². The number of ether oxygens (including phenoxy) is 1. The molecule has 1 saturated carbocycles. The van der Waals surface area contributed by atoms with Gasteiger partial charge in [-0.15, -0.1) is 0 Å². The number of aliphatic hydroxyl groups excluding tert-OH is 1. The van der Waals surface area contributed by atoms with Gasteiger partial charge >= 0.3 is 6.18 Å². The number of benzene rings is 1. The Balaban J connectivity index is 1.45. The number of pyridine rings is 1. The highest BCUT2D eigenvalue weighted by Gasteiger charge is 2.43. The smallest absolute Gasteiger partial charge is 0.416 e. The molecular weight excluding hydrogens is 376 g/mol. The summed E-state index contributed by atoms with van der Waals surface area (Å²) in [5.74, 6) is 0.772. The van der Waals surface area contributed by atoms with Crippen molar-refractivity contribution < 1.29 is 27.4 Å². The molecule has 0 amide bonds. The van der Waals surface area contributed by atoms with Crippen molar-refractivity contribution in [3.05, 3.63) is 54.0 Å². The Kier molecular flexibility index (Phi) is 4.91. The highest BCUT2D eigenvalue weighted by Crippen LogP contribution is 2.40. The summed E-state index contributed by atoms with van der Waals surface area (Å²) in [6.45, 7) is 1.12. The number of aromatic nitrogens is 1. The molecule has 2 heterocycles. The second-order valence-corrected chi connectivity index (χ2v) is 7.47. The zero-order valence-electron chi connectivity index (χ0n) is 14.9. The van der Waals surface area contributed by atoms with Crippen LogP contribution in [-0.2, 0) is 6.18 Å². The van der Waals surface area contributed by atoms with Crippen LogP contribution in [-0.4, -0.2) is 35.4 Å². The van der Waals surface area contributed by atoms with Crippen LogP contribution >= 0.6 is 0 Å². The summed E-state index contributed by atoms with van der Waals surface area (Å²) in [5, 5.41) is 10.5. The van der Waals surface area contributed by atoms with Gasteiger partial charge in [0.15, 0.2) is 0 Å². The SMILES string of the molecule is O[C@@H]1C[C@H]2CN(c3cc(C(F)(F)F)ccn3)C[C@H]2C[C@H]1Oc1ccc(F)cc1. The lowest BCUT2D eigenvalue weighted by Gasteiger charge is -2.35. The van der Waals surface area contributed by atoms with Crippen LogP contribution in [0.5, 0.6) is 5.75 Å². The fourth-order valence-electron chi connectivity index (χ4n) is 4.16. The van der Waals surface area contributed by atoms with Crippen molar-refractivity contribution in [3.8, 4) is 5.75 Å². The van der Waals surface area contributed by atoms with Gasteiger partial charge in [-0.3, -0.25) is 0 Å². The fraction of sp³-hybridized carbons (Fsp3) is 0.450. The van der Waals surface area contributed by atoms with Crippen LogP contribution in [0, 0.1) is 17.7 Å². The number of hydrogen-bond donors (Lipinski definition) is 1. The summed E-state index contributed by atoms with van der Waals surface area (Å²) in [6.07, 6.45) is -3.25. The van der Waals surface area contributed by atoms with Gasteiger partial charge in [0.25, 0.3) is 0 Å². The monoisotopic (exact) mass is 396 g/mol. The van der Waals surface area contributed by atoms with Crippen LogP contribution in [0.15, 0.2) is 42.6 Å². The number of fused-ring (bicyclic) bond motifs is 1. The summed E-state index contributed by atoms with van der Waals surface area (Å²) < 4.78 is 57.8. The number of nitrogens with zero attached hydrogens (tertiary/aromatic N) is 2. The van der Waals surface area contributed by atoms with E-state index in [1.54, 1.807) is 0 Å². The third-order valence-corrected chi connectivity index (χ3v) is 5.58. The van der Waals surface area contributed by atoms with Crippen LogP contribution in [0.2, 0.25) is 0 Å². The second-order valence-electron chi connectivity index (χ2n) is 7.47. The number of rotatable bonds is 3. The molecular formula is C20H20F4N2O2. The lowest BCUT2D eigenvalue weighted by Crippen LogP contribution is -2.42. The Morgan fingerprint density at radius 3 is 2.39 bits per heavy atom. The van der Waals surface area contributed by atoms with Crippen molar-refractivity contribution in [2.24, 2.45) is 11.8 Å². The molecule has 0 radical (unpaired) electrons. The van der Waals surface area contributed by atoms with Gasteiger partial charge in [-0.2, -0.15) is 13.2 Å². The topological polar surface area (TPSA) is 45.6 Å². The highest BCUT2D eigenvalue weighted by molar-refractivity contribution is 5.43. The molecule has 0 spiro atoms. The molecule has 1 N–H and O–H groups in total. The maximum absolute atomic E-state index is 13.0. The predicted octanol–water partition coefficient (Wildman–Crippen LogP) is 3.89. The second kappa shape index (κ2) is 7.24. The van der Waals surface area contributed by atoms with E-state index >= 15 is 0 Å². The Morgan fingerprint density at radius 1 is 1.04 bits per heavy atom. The van der Waals surface area contributed by atoms with Gasteiger partial charge in [-0.25, -0.2) is 9.37 Å². The summed E-state index contributed by atoms with van der Waals surface area (Å²) in [5.41, 5.74) is -0.718. The largest absolute Gasteiger partial charge is 0.488 e. The van der Waals surface area contributed by atoms with Crippen LogP contribution in [0.3, 0.4) is 0 Å². The third kappa shape index (κ3) is 3.92. The minimum atomic E-state index is -4.41. The van der Waals surface area contributed by atoms with E-state index in [4.69, 9.17) is 4.74 Å². The van der Waals surface area contributed by atoms with Crippen molar-refractivity contribution in [1.82, 2.24) is 4.98 Å². The Bertz CT molecular complexity index is 828. The Hall–Kier alpha value is -2.35. The average molecular weight is 396 g/mol. The van der Waals surface area contributed by atoms with Crippen LogP contribution in [0.4, 0.5) is 23.4 Å². The molecule has 4 rings (SSSR count). The molecule has 1 aromatic carbocycles. The van der Waals surface area contributed by atoms with E-state index in [1.165, 1.54) is 30.5 Å². The normalized spacial score (nSPS) is 27.5. The minimum Gasteiger partial charge on any atom is -0.488 e. The summed E-state index contributed by atoms with van der Waals surface area (Å²) in [6, 6.07) is 7.65. The molecule has 2 aromatic rings. The van der Waals surface area contributed by atoms with E-state index in [-0.39, 0.29) is 17.7 Å². The standard InChI is InChI=1S/C20H20F4N2O2/c21-15-1-3-16(4-2-15)28-18-8-13-11-26(10-12(13)7-17(18)27)19-9-14(5-6-25-19)20(22,23)24/h1-6,9,12-13,17-18,27H,7-8,10-11H2/t12-,13+,17+,18+/m0/s1. The van der Waals surface area contributed by atoms with Gasteiger partial charge in [0, 0.05) is 19.3 Å². The zero-order valence-corrected chi connectivity index (χ0v) is 14.9. The third-order valence-electron chi connectivity index (χ3n) is 5.58. The molecule has 4 atom stereocenters. The maximum Gasteiger partial charge on any atom is 0.416 e. The lowest BCUT2D eigenvalue weighted by atomic mass is 9.78. The van der Waals surface area contributed by atoms with E-state index < -0.39 is 23.9 Å². The van der Waals surface area contributed by atoms with E-state index in [9.17, 15) is 22.7 Å². The number of aliphatic hydroxyl groups is 1. The molecule has 2 fully saturated rings. The van der Waals surface area contributed by atoms with E-state index in [1.807, 2.05) is 4.90 Å². The van der Waals surface area contributed by atoms with Gasteiger partial charge in [-0.05, 0) is 61.1 Å². The van der Waals surface area contributed by atoms with Crippen molar-refractivity contribution in [3.63, 3.8) is 0 Å². The van der Waals surface area contributed by atoms with Crippen LogP contribution in [0.25, 0.3) is 0 Å². The predicted molar refractivity (Wildman–Crippen MR) is 94.5 cm³/mol. The zero-order chi connectivity index (χ0) is 19.9. The summed E-state index contributed by atoms with van der Waals surface area (Å²) >= 11 is 0. The molecule has 150 valence electrons. The number of alkyl halides is 3. The van der Waals surface area contributed by atoms with Gasteiger partial charge < -0.3 is 14.7 Å². The molecule has 2 aliphatic rings. The first kappa shape index (κ1) is 19.0.